The number of nitrogens with zero attached hydrogens (tertiary/aromatic N) is 2. The second-order valence-electron chi connectivity index (χ2n) is 9.36. The van der Waals surface area contributed by atoms with Crippen molar-refractivity contribution in [2.45, 2.75) is 25.8 Å². The van der Waals surface area contributed by atoms with Crippen LogP contribution >= 0.6 is 0 Å². The van der Waals surface area contributed by atoms with Crippen LogP contribution < -0.4 is 15.0 Å². The van der Waals surface area contributed by atoms with E-state index in [1.54, 1.807) is 48.5 Å². The van der Waals surface area contributed by atoms with Crippen LogP contribution in [0.2, 0.25) is 0 Å². The molecule has 3 aromatic carbocycles. The highest BCUT2D eigenvalue weighted by Gasteiger charge is 2.44. The molecule has 2 heterocycles. The highest BCUT2D eigenvalue weighted by molar-refractivity contribution is 6.23. The number of methoxy groups -OCH3 is 1. The molecule has 2 N–H and O–H groups in total. The van der Waals surface area contributed by atoms with Crippen LogP contribution in [0.3, 0.4) is 0 Å². The Morgan fingerprint density at radius 1 is 1.05 bits per heavy atom. The van der Waals surface area contributed by atoms with Crippen LogP contribution in [-0.4, -0.2) is 53.2 Å². The SMILES string of the molecule is COc1cccc(C(=O)N(CCc2c[nH]c3ccccc23)C2CC(=O)N(c3ccc(NC(C)=O)cc3)C2=O)c1. The van der Waals surface area contributed by atoms with Gasteiger partial charge in [0.1, 0.15) is 11.8 Å². The molecule has 5 rings (SSSR count). The topological polar surface area (TPSA) is 112 Å². The Morgan fingerprint density at radius 2 is 1.82 bits per heavy atom. The van der Waals surface area contributed by atoms with E-state index in [0.717, 1.165) is 21.4 Å². The number of aromatic nitrogens is 1. The average molecular weight is 525 g/mol. The van der Waals surface area contributed by atoms with E-state index in [2.05, 4.69) is 10.3 Å². The molecule has 198 valence electrons. The number of aromatic amines is 1. The highest BCUT2D eigenvalue weighted by atomic mass is 16.5. The first kappa shape index (κ1) is 25.7. The summed E-state index contributed by atoms with van der Waals surface area (Å²) in [5.74, 6) is -0.928. The maximum Gasteiger partial charge on any atom is 0.257 e. The minimum Gasteiger partial charge on any atom is -0.497 e. The van der Waals surface area contributed by atoms with E-state index in [-0.39, 0.29) is 24.8 Å². The number of carbonyl (C=O) groups is 4. The molecule has 1 aliphatic heterocycles. The predicted molar refractivity (Wildman–Crippen MR) is 148 cm³/mol. The minimum atomic E-state index is -0.962. The summed E-state index contributed by atoms with van der Waals surface area (Å²) in [6, 6.07) is 20.1. The van der Waals surface area contributed by atoms with E-state index in [0.29, 0.717) is 29.1 Å². The van der Waals surface area contributed by atoms with Gasteiger partial charge < -0.3 is 19.9 Å². The van der Waals surface area contributed by atoms with Crippen molar-refractivity contribution in [1.82, 2.24) is 9.88 Å². The molecule has 1 atom stereocenters. The van der Waals surface area contributed by atoms with Crippen molar-refractivity contribution in [3.05, 3.63) is 90.1 Å². The smallest absolute Gasteiger partial charge is 0.257 e. The van der Waals surface area contributed by atoms with Gasteiger partial charge in [-0.15, -0.1) is 0 Å². The van der Waals surface area contributed by atoms with E-state index < -0.39 is 17.9 Å². The number of fused-ring (bicyclic) bond motifs is 1. The van der Waals surface area contributed by atoms with Gasteiger partial charge in [-0.2, -0.15) is 0 Å². The summed E-state index contributed by atoms with van der Waals surface area (Å²) in [7, 11) is 1.52. The lowest BCUT2D eigenvalue weighted by atomic mass is 10.1. The summed E-state index contributed by atoms with van der Waals surface area (Å²) in [5.41, 5.74) is 3.30. The van der Waals surface area contributed by atoms with Crippen LogP contribution in [0, 0.1) is 0 Å². The largest absolute Gasteiger partial charge is 0.497 e. The lowest BCUT2D eigenvalue weighted by Gasteiger charge is -2.28. The molecule has 0 radical (unpaired) electrons. The zero-order valence-corrected chi connectivity index (χ0v) is 21.6. The lowest BCUT2D eigenvalue weighted by molar-refractivity contribution is -0.122. The number of rotatable bonds is 8. The van der Waals surface area contributed by atoms with Crippen molar-refractivity contribution in [3.8, 4) is 5.75 Å². The first-order chi connectivity index (χ1) is 18.9. The van der Waals surface area contributed by atoms with Gasteiger partial charge in [-0.05, 0) is 60.5 Å². The number of benzene rings is 3. The zero-order valence-electron chi connectivity index (χ0n) is 21.6. The Bertz CT molecular complexity index is 1560. The van der Waals surface area contributed by atoms with Gasteiger partial charge in [-0.25, -0.2) is 4.90 Å². The number of anilines is 2. The van der Waals surface area contributed by atoms with Crippen LogP contribution in [0.5, 0.6) is 5.75 Å². The standard InChI is InChI=1S/C30H28N4O5/c1-19(35)32-22-10-12-23(13-11-22)34-28(36)17-27(30(34)38)33(29(37)20-6-5-7-24(16-20)39-2)15-14-21-18-31-26-9-4-3-8-25(21)26/h3-13,16,18,27,31H,14-15,17H2,1-2H3,(H,32,35). The third kappa shape index (κ3) is 5.24. The van der Waals surface area contributed by atoms with Crippen LogP contribution in [0.4, 0.5) is 11.4 Å². The summed E-state index contributed by atoms with van der Waals surface area (Å²) in [5, 5.41) is 3.71. The number of hydrogen-bond acceptors (Lipinski definition) is 5. The summed E-state index contributed by atoms with van der Waals surface area (Å²) in [6.07, 6.45) is 2.27. The van der Waals surface area contributed by atoms with Gasteiger partial charge >= 0.3 is 0 Å². The predicted octanol–water partition coefficient (Wildman–Crippen LogP) is 4.15. The van der Waals surface area contributed by atoms with E-state index in [1.165, 1.54) is 18.9 Å². The Hall–Kier alpha value is -4.92. The molecule has 4 aromatic rings. The van der Waals surface area contributed by atoms with Crippen LogP contribution in [-0.2, 0) is 20.8 Å². The number of para-hydroxylation sites is 1. The molecule has 1 unspecified atom stereocenters. The Balaban J connectivity index is 1.44. The fourth-order valence-electron chi connectivity index (χ4n) is 4.93. The normalized spacial score (nSPS) is 15.0. The van der Waals surface area contributed by atoms with Crippen molar-refractivity contribution in [3.63, 3.8) is 0 Å². The van der Waals surface area contributed by atoms with E-state index in [1.807, 2.05) is 30.5 Å². The molecule has 1 aliphatic rings. The number of amides is 4. The molecule has 9 nitrogen and oxygen atoms in total. The molecule has 4 amide bonds. The molecule has 0 bridgehead atoms. The minimum absolute atomic E-state index is 0.129. The summed E-state index contributed by atoms with van der Waals surface area (Å²) >= 11 is 0. The molecular weight excluding hydrogens is 496 g/mol. The molecule has 0 saturated carbocycles. The van der Waals surface area contributed by atoms with Crippen LogP contribution in [0.25, 0.3) is 10.9 Å². The highest BCUT2D eigenvalue weighted by Crippen LogP contribution is 2.29. The maximum absolute atomic E-state index is 13.8. The van der Waals surface area contributed by atoms with Crippen molar-refractivity contribution in [2.75, 3.05) is 23.9 Å². The maximum atomic E-state index is 13.8. The van der Waals surface area contributed by atoms with Gasteiger partial charge in [-0.3, -0.25) is 19.2 Å². The monoisotopic (exact) mass is 524 g/mol. The molecule has 0 spiro atoms. The summed E-state index contributed by atoms with van der Waals surface area (Å²) in [6.45, 7) is 1.63. The van der Waals surface area contributed by atoms with E-state index >= 15 is 0 Å². The molecule has 1 aromatic heterocycles. The second kappa shape index (κ2) is 10.8. The molecular formula is C30H28N4O5. The number of H-pyrrole nitrogens is 1. The van der Waals surface area contributed by atoms with Gasteiger partial charge in [0.2, 0.25) is 11.8 Å². The second-order valence-corrected chi connectivity index (χ2v) is 9.36. The third-order valence-corrected chi connectivity index (χ3v) is 6.82. The number of imide groups is 1. The lowest BCUT2D eigenvalue weighted by Crippen LogP contribution is -2.46. The quantitative estimate of drug-likeness (QED) is 0.337. The van der Waals surface area contributed by atoms with E-state index in [9.17, 15) is 19.2 Å². The molecule has 39 heavy (non-hydrogen) atoms. The van der Waals surface area contributed by atoms with E-state index in [4.69, 9.17) is 4.74 Å². The van der Waals surface area contributed by atoms with Crippen molar-refractivity contribution < 1.29 is 23.9 Å². The van der Waals surface area contributed by atoms with Gasteiger partial charge in [0.15, 0.2) is 0 Å². The van der Waals surface area contributed by atoms with Crippen molar-refractivity contribution >= 4 is 45.9 Å². The first-order valence-corrected chi connectivity index (χ1v) is 12.6. The molecule has 1 saturated heterocycles. The first-order valence-electron chi connectivity index (χ1n) is 12.6. The number of nitrogens with one attached hydrogen (secondary N) is 2. The number of ether oxygens (including phenoxy) is 1. The van der Waals surface area contributed by atoms with Crippen molar-refractivity contribution in [2.24, 2.45) is 0 Å². The third-order valence-electron chi connectivity index (χ3n) is 6.82. The fourth-order valence-corrected chi connectivity index (χ4v) is 4.93. The van der Waals surface area contributed by atoms with Gasteiger partial charge in [0, 0.05) is 41.8 Å². The molecule has 9 heteroatoms. The Kier molecular flexibility index (Phi) is 7.14. The van der Waals surface area contributed by atoms with Gasteiger partial charge in [-0.1, -0.05) is 24.3 Å². The Labute approximate surface area is 225 Å². The number of hydrogen-bond donors (Lipinski definition) is 2. The summed E-state index contributed by atoms with van der Waals surface area (Å²) < 4.78 is 5.29. The molecule has 0 aliphatic carbocycles. The van der Waals surface area contributed by atoms with Gasteiger partial charge in [0.25, 0.3) is 11.8 Å². The van der Waals surface area contributed by atoms with Crippen LogP contribution in [0.15, 0.2) is 79.0 Å². The van der Waals surface area contributed by atoms with Crippen molar-refractivity contribution in [1.29, 1.82) is 0 Å². The summed E-state index contributed by atoms with van der Waals surface area (Å²) in [4.78, 5) is 57.8. The number of carbonyl (C=O) groups excluding carboxylic acids is 4. The van der Waals surface area contributed by atoms with Gasteiger partial charge in [0.05, 0.1) is 19.2 Å². The fraction of sp³-hybridized carbons (Fsp3) is 0.200. The Morgan fingerprint density at radius 3 is 2.56 bits per heavy atom. The zero-order chi connectivity index (χ0) is 27.5. The average Bonchev–Trinajstić information content (AvgIpc) is 3.49. The van der Waals surface area contributed by atoms with Crippen LogP contribution in [0.1, 0.15) is 29.3 Å². The molecule has 1 fully saturated rings.